The fourth-order valence-electron chi connectivity index (χ4n) is 4.27. The van der Waals surface area contributed by atoms with Crippen molar-refractivity contribution in [1.82, 2.24) is 14.7 Å². The van der Waals surface area contributed by atoms with Crippen molar-refractivity contribution in [1.29, 1.82) is 0 Å². The van der Waals surface area contributed by atoms with Crippen LogP contribution < -0.4 is 0 Å². The van der Waals surface area contributed by atoms with Gasteiger partial charge in [0.2, 0.25) is 0 Å². The molecule has 3 heterocycles. The number of carbonyl (C=O) groups excluding carboxylic acids is 1. The van der Waals surface area contributed by atoms with Gasteiger partial charge < -0.3 is 0 Å². The Hall–Kier alpha value is -2.40. The quantitative estimate of drug-likeness (QED) is 0.219. The monoisotopic (exact) mass is 555 g/mol. The summed E-state index contributed by atoms with van der Waals surface area (Å²) < 4.78 is 26.2. The van der Waals surface area contributed by atoms with Gasteiger partial charge in [0.1, 0.15) is 4.32 Å². The summed E-state index contributed by atoms with van der Waals surface area (Å²) in [4.78, 5) is 16.5. The van der Waals surface area contributed by atoms with Crippen LogP contribution in [0.5, 0.6) is 0 Å². The molecule has 3 aromatic rings. The SMILES string of the molecule is CCCSc1ccc(-c2nn(-c3ccccc3)cc2/C=C2\SC(=S)N([C@H]3CCS(=O)(=O)C3)C2=O)cc1. The normalized spacial score (nSPS) is 20.5. The fourth-order valence-corrected chi connectivity index (χ4v) is 8.13. The molecule has 186 valence electrons. The highest BCUT2D eigenvalue weighted by molar-refractivity contribution is 8.26. The van der Waals surface area contributed by atoms with Crippen LogP contribution in [0.15, 0.2) is 70.6 Å². The van der Waals surface area contributed by atoms with Crippen molar-refractivity contribution in [2.45, 2.75) is 30.7 Å². The van der Waals surface area contributed by atoms with Gasteiger partial charge in [-0.15, -0.1) is 11.8 Å². The molecule has 2 fully saturated rings. The van der Waals surface area contributed by atoms with Crippen LogP contribution in [0.3, 0.4) is 0 Å². The second kappa shape index (κ2) is 10.5. The number of para-hydroxylation sites is 1. The summed E-state index contributed by atoms with van der Waals surface area (Å²) in [5.74, 6) is 0.884. The maximum Gasteiger partial charge on any atom is 0.266 e. The number of benzene rings is 2. The fraction of sp³-hybridized carbons (Fsp3) is 0.269. The zero-order valence-corrected chi connectivity index (χ0v) is 22.9. The molecule has 0 aliphatic carbocycles. The van der Waals surface area contributed by atoms with Gasteiger partial charge in [-0.25, -0.2) is 13.1 Å². The minimum Gasteiger partial charge on any atom is -0.289 e. The van der Waals surface area contributed by atoms with Crippen LogP contribution >= 0.6 is 35.7 Å². The van der Waals surface area contributed by atoms with Gasteiger partial charge >= 0.3 is 0 Å². The Labute approximate surface area is 225 Å². The number of amides is 1. The second-order valence-corrected chi connectivity index (χ2v) is 13.8. The van der Waals surface area contributed by atoms with Crippen LogP contribution in [-0.4, -0.2) is 56.6 Å². The summed E-state index contributed by atoms with van der Waals surface area (Å²) in [5.41, 5.74) is 3.43. The molecular weight excluding hydrogens is 531 g/mol. The zero-order chi connectivity index (χ0) is 25.3. The van der Waals surface area contributed by atoms with Crippen LogP contribution in [0.25, 0.3) is 23.0 Å². The van der Waals surface area contributed by atoms with Crippen molar-refractivity contribution in [3.63, 3.8) is 0 Å². The molecule has 2 aromatic carbocycles. The van der Waals surface area contributed by atoms with Crippen LogP contribution in [0.2, 0.25) is 0 Å². The molecule has 0 spiro atoms. The predicted octanol–water partition coefficient (Wildman–Crippen LogP) is 5.43. The summed E-state index contributed by atoms with van der Waals surface area (Å²) in [6.07, 6.45) is 5.27. The van der Waals surface area contributed by atoms with E-state index >= 15 is 0 Å². The molecule has 0 N–H and O–H groups in total. The molecule has 10 heteroatoms. The van der Waals surface area contributed by atoms with E-state index in [-0.39, 0.29) is 17.4 Å². The Kier molecular flexibility index (Phi) is 7.39. The van der Waals surface area contributed by atoms with Gasteiger partial charge in [0.15, 0.2) is 9.84 Å². The number of nitrogens with zero attached hydrogens (tertiary/aromatic N) is 3. The lowest BCUT2D eigenvalue weighted by molar-refractivity contribution is -0.123. The number of thioether (sulfide) groups is 2. The van der Waals surface area contributed by atoms with E-state index < -0.39 is 15.9 Å². The maximum absolute atomic E-state index is 13.3. The molecule has 0 bridgehead atoms. The van der Waals surface area contributed by atoms with E-state index in [9.17, 15) is 13.2 Å². The summed E-state index contributed by atoms with van der Waals surface area (Å²) in [7, 11) is -3.13. The molecule has 1 aromatic heterocycles. The largest absolute Gasteiger partial charge is 0.289 e. The topological polar surface area (TPSA) is 72.3 Å². The van der Waals surface area contributed by atoms with Gasteiger partial charge in [0.05, 0.1) is 33.8 Å². The van der Waals surface area contributed by atoms with Crippen molar-refractivity contribution < 1.29 is 13.2 Å². The average molecular weight is 556 g/mol. The Morgan fingerprint density at radius 1 is 1.17 bits per heavy atom. The zero-order valence-electron chi connectivity index (χ0n) is 19.7. The van der Waals surface area contributed by atoms with E-state index in [0.29, 0.717) is 15.6 Å². The van der Waals surface area contributed by atoms with Crippen molar-refractivity contribution in [3.05, 3.63) is 71.3 Å². The first-order valence-electron chi connectivity index (χ1n) is 11.7. The highest BCUT2D eigenvalue weighted by Crippen LogP contribution is 2.38. The molecule has 2 saturated heterocycles. The molecule has 0 unspecified atom stereocenters. The van der Waals surface area contributed by atoms with Crippen molar-refractivity contribution >= 4 is 61.9 Å². The minimum absolute atomic E-state index is 0.0354. The Morgan fingerprint density at radius 2 is 1.92 bits per heavy atom. The number of carbonyl (C=O) groups is 1. The third-order valence-electron chi connectivity index (χ3n) is 6.05. The van der Waals surface area contributed by atoms with Gasteiger partial charge in [-0.2, -0.15) is 5.10 Å². The van der Waals surface area contributed by atoms with Gasteiger partial charge in [0, 0.05) is 22.2 Å². The van der Waals surface area contributed by atoms with Gasteiger partial charge in [-0.3, -0.25) is 9.69 Å². The number of rotatable bonds is 7. The molecule has 1 atom stereocenters. The molecule has 0 saturated carbocycles. The minimum atomic E-state index is -3.13. The number of hydrogen-bond donors (Lipinski definition) is 0. The molecule has 6 nitrogen and oxygen atoms in total. The molecular formula is C26H25N3O3S4. The van der Waals surface area contributed by atoms with Crippen LogP contribution in [0.1, 0.15) is 25.3 Å². The van der Waals surface area contributed by atoms with Crippen molar-refractivity contribution in [3.8, 4) is 16.9 Å². The van der Waals surface area contributed by atoms with E-state index in [4.69, 9.17) is 17.3 Å². The Bertz CT molecular complexity index is 1430. The van der Waals surface area contributed by atoms with Crippen LogP contribution in [-0.2, 0) is 14.6 Å². The van der Waals surface area contributed by atoms with Crippen molar-refractivity contribution in [2.24, 2.45) is 0 Å². The van der Waals surface area contributed by atoms with Crippen LogP contribution in [0, 0.1) is 0 Å². The van der Waals surface area contributed by atoms with E-state index in [1.54, 1.807) is 0 Å². The maximum atomic E-state index is 13.3. The van der Waals surface area contributed by atoms with E-state index in [1.165, 1.54) is 21.6 Å². The summed E-state index contributed by atoms with van der Waals surface area (Å²) >= 11 is 8.53. The smallest absolute Gasteiger partial charge is 0.266 e. The highest BCUT2D eigenvalue weighted by atomic mass is 32.2. The molecule has 5 rings (SSSR count). The summed E-state index contributed by atoms with van der Waals surface area (Å²) in [5, 5.41) is 4.86. The first-order chi connectivity index (χ1) is 17.3. The molecule has 2 aliphatic rings. The third-order valence-corrected chi connectivity index (χ3v) is 10.3. The molecule has 0 radical (unpaired) electrons. The lowest BCUT2D eigenvalue weighted by atomic mass is 10.1. The molecule has 2 aliphatic heterocycles. The van der Waals surface area contributed by atoms with E-state index in [0.717, 1.165) is 34.7 Å². The summed E-state index contributed by atoms with van der Waals surface area (Å²) in [6.45, 7) is 2.16. The second-order valence-electron chi connectivity index (χ2n) is 8.69. The van der Waals surface area contributed by atoms with Crippen LogP contribution in [0.4, 0.5) is 0 Å². The lowest BCUT2D eigenvalue weighted by Gasteiger charge is -2.20. The van der Waals surface area contributed by atoms with E-state index in [2.05, 4.69) is 31.2 Å². The first kappa shape index (κ1) is 25.3. The third kappa shape index (κ3) is 5.32. The predicted molar refractivity (Wildman–Crippen MR) is 152 cm³/mol. The molecule has 1 amide bonds. The standard InChI is InChI=1S/C26H25N3O3S4/c1-2-13-34-22-10-8-18(9-11-22)24-19(16-28(27-24)20-6-4-3-5-7-20)15-23-25(30)29(26(33)35-23)21-12-14-36(31,32)17-21/h3-11,15-16,21H,2,12-14,17H2,1H3/b23-15-/t21-/m0/s1. The summed E-state index contributed by atoms with van der Waals surface area (Å²) in [6, 6.07) is 17.7. The number of thiocarbonyl (C=S) groups is 1. The van der Waals surface area contributed by atoms with Gasteiger partial charge in [0.25, 0.3) is 5.91 Å². The Balaban J connectivity index is 1.50. The Morgan fingerprint density at radius 3 is 2.58 bits per heavy atom. The average Bonchev–Trinajstić information content (AvgIpc) is 3.53. The number of sulfone groups is 1. The van der Waals surface area contributed by atoms with Gasteiger partial charge in [-0.1, -0.05) is 61.2 Å². The van der Waals surface area contributed by atoms with Gasteiger partial charge in [-0.05, 0) is 48.9 Å². The molecule has 36 heavy (non-hydrogen) atoms. The highest BCUT2D eigenvalue weighted by Gasteiger charge is 2.42. The lowest BCUT2D eigenvalue weighted by Crippen LogP contribution is -2.39. The first-order valence-corrected chi connectivity index (χ1v) is 15.7. The number of aromatic nitrogens is 2. The number of hydrogen-bond acceptors (Lipinski definition) is 7. The van der Waals surface area contributed by atoms with E-state index in [1.807, 2.05) is 59.0 Å². The van der Waals surface area contributed by atoms with Crippen molar-refractivity contribution in [2.75, 3.05) is 17.3 Å².